The molecule has 0 fully saturated rings. The number of hydrogen-bond donors (Lipinski definition) is 2. The summed E-state index contributed by atoms with van der Waals surface area (Å²) >= 11 is 0. The van der Waals surface area contributed by atoms with Crippen LogP contribution in [0.1, 0.15) is 24.9 Å². The molecule has 0 saturated carbocycles. The minimum absolute atomic E-state index is 0.196. The van der Waals surface area contributed by atoms with E-state index in [0.717, 1.165) is 28.8 Å². The number of aromatic nitrogens is 2. The van der Waals surface area contributed by atoms with Gasteiger partial charge >= 0.3 is 0 Å². The normalized spacial score (nSPS) is 12.3. The van der Waals surface area contributed by atoms with Gasteiger partial charge in [-0.15, -0.1) is 0 Å². The van der Waals surface area contributed by atoms with Crippen LogP contribution in [0.5, 0.6) is 5.75 Å². The second-order valence-corrected chi connectivity index (χ2v) is 4.98. The van der Waals surface area contributed by atoms with Crippen LogP contribution in [0.15, 0.2) is 48.7 Å². The van der Waals surface area contributed by atoms with Crippen molar-refractivity contribution in [1.82, 2.24) is 10.2 Å². The number of hydrogen-bond acceptors (Lipinski definition) is 3. The predicted molar refractivity (Wildman–Crippen MR) is 85.7 cm³/mol. The third kappa shape index (κ3) is 2.57. The summed E-state index contributed by atoms with van der Waals surface area (Å²) in [5, 5.41) is 11.8. The summed E-state index contributed by atoms with van der Waals surface area (Å²) in [5.41, 5.74) is 3.29. The molecule has 1 aromatic heterocycles. The SMILES string of the molecule is CCC(Nc1cccc2[nH]ncc12)c1ccccc1OC. The van der Waals surface area contributed by atoms with Crippen LogP contribution in [0, 0.1) is 0 Å². The predicted octanol–water partition coefficient (Wildman–Crippen LogP) is 4.13. The summed E-state index contributed by atoms with van der Waals surface area (Å²) in [5.74, 6) is 0.913. The maximum Gasteiger partial charge on any atom is 0.124 e. The standard InChI is InChI=1S/C17H19N3O/c1-3-14(12-7-4-5-10-17(12)21-2)19-15-8-6-9-16-13(15)11-18-20-16/h4-11,14,19H,3H2,1-2H3,(H,18,20). The van der Waals surface area contributed by atoms with Gasteiger partial charge in [-0.25, -0.2) is 0 Å². The summed E-state index contributed by atoms with van der Waals surface area (Å²) in [7, 11) is 1.71. The molecule has 4 nitrogen and oxygen atoms in total. The van der Waals surface area contributed by atoms with Crippen LogP contribution in [0.3, 0.4) is 0 Å². The van der Waals surface area contributed by atoms with Gasteiger partial charge in [-0.3, -0.25) is 5.10 Å². The molecule has 0 saturated heterocycles. The van der Waals surface area contributed by atoms with E-state index in [1.165, 1.54) is 5.56 Å². The van der Waals surface area contributed by atoms with E-state index in [1.54, 1.807) is 7.11 Å². The molecule has 21 heavy (non-hydrogen) atoms. The molecular weight excluding hydrogens is 262 g/mol. The van der Waals surface area contributed by atoms with Gasteiger partial charge in [-0.2, -0.15) is 5.10 Å². The summed E-state index contributed by atoms with van der Waals surface area (Å²) in [4.78, 5) is 0. The van der Waals surface area contributed by atoms with Crippen LogP contribution >= 0.6 is 0 Å². The number of methoxy groups -OCH3 is 1. The lowest BCUT2D eigenvalue weighted by Crippen LogP contribution is -2.11. The summed E-state index contributed by atoms with van der Waals surface area (Å²) in [6.07, 6.45) is 2.82. The van der Waals surface area contributed by atoms with Crippen LogP contribution in [-0.4, -0.2) is 17.3 Å². The highest BCUT2D eigenvalue weighted by Crippen LogP contribution is 2.32. The molecule has 0 bridgehead atoms. The van der Waals surface area contributed by atoms with Crippen LogP contribution in [0.2, 0.25) is 0 Å². The van der Waals surface area contributed by atoms with Gasteiger partial charge in [-0.05, 0) is 24.6 Å². The first kappa shape index (κ1) is 13.5. The van der Waals surface area contributed by atoms with Gasteiger partial charge in [0.25, 0.3) is 0 Å². The molecule has 2 N–H and O–H groups in total. The van der Waals surface area contributed by atoms with Crippen molar-refractivity contribution in [3.05, 3.63) is 54.2 Å². The molecule has 3 rings (SSSR count). The number of anilines is 1. The summed E-state index contributed by atoms with van der Waals surface area (Å²) < 4.78 is 5.48. The molecule has 0 aliphatic carbocycles. The van der Waals surface area contributed by atoms with Crippen LogP contribution in [-0.2, 0) is 0 Å². The Balaban J connectivity index is 1.96. The molecule has 4 heteroatoms. The lowest BCUT2D eigenvalue weighted by molar-refractivity contribution is 0.406. The Morgan fingerprint density at radius 1 is 1.19 bits per heavy atom. The molecule has 0 radical (unpaired) electrons. The Morgan fingerprint density at radius 2 is 2.05 bits per heavy atom. The quantitative estimate of drug-likeness (QED) is 0.739. The summed E-state index contributed by atoms with van der Waals surface area (Å²) in [6, 6.07) is 14.5. The minimum Gasteiger partial charge on any atom is -0.496 e. The number of fused-ring (bicyclic) bond motifs is 1. The topological polar surface area (TPSA) is 49.9 Å². The molecule has 2 aromatic carbocycles. The van der Waals surface area contributed by atoms with E-state index in [9.17, 15) is 0 Å². The molecule has 1 heterocycles. The largest absolute Gasteiger partial charge is 0.496 e. The number of nitrogens with zero attached hydrogens (tertiary/aromatic N) is 1. The third-order valence-corrected chi connectivity index (χ3v) is 3.74. The first-order valence-corrected chi connectivity index (χ1v) is 7.15. The van der Waals surface area contributed by atoms with Gasteiger partial charge in [0, 0.05) is 16.6 Å². The smallest absolute Gasteiger partial charge is 0.124 e. The van der Waals surface area contributed by atoms with E-state index >= 15 is 0 Å². The van der Waals surface area contributed by atoms with Gasteiger partial charge in [0.05, 0.1) is 24.9 Å². The van der Waals surface area contributed by atoms with Gasteiger partial charge in [0.15, 0.2) is 0 Å². The van der Waals surface area contributed by atoms with Crippen LogP contribution < -0.4 is 10.1 Å². The zero-order chi connectivity index (χ0) is 14.7. The number of benzene rings is 2. The van der Waals surface area contributed by atoms with Crippen molar-refractivity contribution >= 4 is 16.6 Å². The van der Waals surface area contributed by atoms with E-state index in [2.05, 4.69) is 34.6 Å². The van der Waals surface area contributed by atoms with Gasteiger partial charge in [-0.1, -0.05) is 31.2 Å². The van der Waals surface area contributed by atoms with Crippen molar-refractivity contribution < 1.29 is 4.74 Å². The highest BCUT2D eigenvalue weighted by Gasteiger charge is 2.15. The first-order chi connectivity index (χ1) is 10.3. The van der Waals surface area contributed by atoms with Crippen LogP contribution in [0.4, 0.5) is 5.69 Å². The third-order valence-electron chi connectivity index (χ3n) is 3.74. The van der Waals surface area contributed by atoms with Crippen molar-refractivity contribution in [2.24, 2.45) is 0 Å². The van der Waals surface area contributed by atoms with Crippen molar-refractivity contribution in [3.8, 4) is 5.75 Å². The lowest BCUT2D eigenvalue weighted by atomic mass is 10.0. The number of ether oxygens (including phenoxy) is 1. The average Bonchev–Trinajstić information content (AvgIpc) is 3.02. The highest BCUT2D eigenvalue weighted by molar-refractivity contribution is 5.91. The first-order valence-electron chi connectivity index (χ1n) is 7.15. The van der Waals surface area contributed by atoms with Crippen molar-refractivity contribution in [2.75, 3.05) is 12.4 Å². The van der Waals surface area contributed by atoms with Crippen molar-refractivity contribution in [3.63, 3.8) is 0 Å². The highest BCUT2D eigenvalue weighted by atomic mass is 16.5. The molecule has 0 aliphatic heterocycles. The molecule has 1 unspecified atom stereocenters. The zero-order valence-corrected chi connectivity index (χ0v) is 12.3. The molecular formula is C17H19N3O. The summed E-state index contributed by atoms with van der Waals surface area (Å²) in [6.45, 7) is 2.17. The number of nitrogens with one attached hydrogen (secondary N) is 2. The average molecular weight is 281 g/mol. The molecule has 0 amide bonds. The van der Waals surface area contributed by atoms with E-state index in [0.29, 0.717) is 0 Å². The fraction of sp³-hybridized carbons (Fsp3) is 0.235. The number of rotatable bonds is 5. The monoisotopic (exact) mass is 281 g/mol. The molecule has 1 atom stereocenters. The molecule has 3 aromatic rings. The fourth-order valence-electron chi connectivity index (χ4n) is 2.64. The minimum atomic E-state index is 0.196. The van der Waals surface area contributed by atoms with Gasteiger partial charge < -0.3 is 10.1 Å². The Labute approximate surface area is 124 Å². The van der Waals surface area contributed by atoms with E-state index in [-0.39, 0.29) is 6.04 Å². The van der Waals surface area contributed by atoms with Gasteiger partial charge in [0.1, 0.15) is 5.75 Å². The molecule has 0 aliphatic rings. The Bertz CT molecular complexity index is 735. The van der Waals surface area contributed by atoms with Gasteiger partial charge in [0.2, 0.25) is 0 Å². The maximum atomic E-state index is 5.48. The number of aromatic amines is 1. The second-order valence-electron chi connectivity index (χ2n) is 4.98. The maximum absolute atomic E-state index is 5.48. The molecule has 0 spiro atoms. The van der Waals surface area contributed by atoms with Crippen molar-refractivity contribution in [2.45, 2.75) is 19.4 Å². The van der Waals surface area contributed by atoms with Crippen molar-refractivity contribution in [1.29, 1.82) is 0 Å². The van der Waals surface area contributed by atoms with E-state index in [4.69, 9.17) is 4.74 Å². The van der Waals surface area contributed by atoms with E-state index < -0.39 is 0 Å². The van der Waals surface area contributed by atoms with E-state index in [1.807, 2.05) is 36.5 Å². The number of para-hydroxylation sites is 1. The fourth-order valence-corrected chi connectivity index (χ4v) is 2.64. The Morgan fingerprint density at radius 3 is 2.86 bits per heavy atom. The Hall–Kier alpha value is -2.49. The zero-order valence-electron chi connectivity index (χ0n) is 12.3. The Kier molecular flexibility index (Phi) is 3.77. The van der Waals surface area contributed by atoms with Crippen LogP contribution in [0.25, 0.3) is 10.9 Å². The lowest BCUT2D eigenvalue weighted by Gasteiger charge is -2.21. The second kappa shape index (κ2) is 5.87. The number of H-pyrrole nitrogens is 1. The molecule has 108 valence electrons.